The molecule has 3 aromatic rings. The molecule has 0 atom stereocenters. The highest BCUT2D eigenvalue weighted by Gasteiger charge is 2.38. The van der Waals surface area contributed by atoms with Gasteiger partial charge in [-0.25, -0.2) is 9.97 Å². The summed E-state index contributed by atoms with van der Waals surface area (Å²) in [4.78, 5) is 20.3. The number of amides is 1. The predicted octanol–water partition coefficient (Wildman–Crippen LogP) is 4.87. The predicted molar refractivity (Wildman–Crippen MR) is 102 cm³/mol. The van der Waals surface area contributed by atoms with Crippen molar-refractivity contribution in [2.75, 3.05) is 11.1 Å². The van der Waals surface area contributed by atoms with E-state index in [4.69, 9.17) is 0 Å². The van der Waals surface area contributed by atoms with E-state index in [0.29, 0.717) is 30.6 Å². The monoisotopic (exact) mass is 403 g/mol. The van der Waals surface area contributed by atoms with Gasteiger partial charge in [0.1, 0.15) is 0 Å². The van der Waals surface area contributed by atoms with Gasteiger partial charge >= 0.3 is 6.18 Å². The Bertz CT molecular complexity index is 1050. The van der Waals surface area contributed by atoms with Crippen LogP contribution in [0.25, 0.3) is 10.8 Å². The second-order valence-corrected chi connectivity index (χ2v) is 7.44. The fraction of sp³-hybridized carbons (Fsp3) is 0.250. The molecule has 144 valence electrons. The van der Waals surface area contributed by atoms with Crippen LogP contribution in [0, 0.1) is 0 Å². The molecule has 1 heterocycles. The quantitative estimate of drug-likeness (QED) is 0.499. The summed E-state index contributed by atoms with van der Waals surface area (Å²) in [6.45, 7) is 0. The second-order valence-electron chi connectivity index (χ2n) is 6.49. The largest absolute Gasteiger partial charge is 0.433 e. The van der Waals surface area contributed by atoms with E-state index in [9.17, 15) is 18.0 Å². The first kappa shape index (κ1) is 18.7. The molecule has 1 aliphatic carbocycles. The van der Waals surface area contributed by atoms with Gasteiger partial charge in [0.2, 0.25) is 5.91 Å². The van der Waals surface area contributed by atoms with E-state index >= 15 is 0 Å². The summed E-state index contributed by atoms with van der Waals surface area (Å²) < 4.78 is 39.8. The number of nitrogens with one attached hydrogen (secondary N) is 1. The number of alkyl halides is 3. The number of thioether (sulfide) groups is 1. The Kier molecular flexibility index (Phi) is 4.97. The summed E-state index contributed by atoms with van der Waals surface area (Å²) in [6.07, 6.45) is -3.02. The Balaban J connectivity index is 1.49. The van der Waals surface area contributed by atoms with Crippen molar-refractivity contribution in [1.82, 2.24) is 9.97 Å². The highest BCUT2D eigenvalue weighted by molar-refractivity contribution is 7.99. The van der Waals surface area contributed by atoms with Crippen LogP contribution in [0.1, 0.15) is 23.4 Å². The molecule has 4 rings (SSSR count). The maximum Gasteiger partial charge on any atom is 0.433 e. The van der Waals surface area contributed by atoms with Crippen molar-refractivity contribution in [3.8, 4) is 0 Å². The summed E-state index contributed by atoms with van der Waals surface area (Å²) in [7, 11) is 0. The van der Waals surface area contributed by atoms with Crippen molar-refractivity contribution < 1.29 is 18.0 Å². The van der Waals surface area contributed by atoms with Crippen LogP contribution in [0.5, 0.6) is 0 Å². The van der Waals surface area contributed by atoms with Crippen molar-refractivity contribution in [1.29, 1.82) is 0 Å². The summed E-state index contributed by atoms with van der Waals surface area (Å²) in [6, 6.07) is 13.2. The summed E-state index contributed by atoms with van der Waals surface area (Å²) in [5.41, 5.74) is 0.429. The lowest BCUT2D eigenvalue weighted by Crippen LogP contribution is -2.16. The van der Waals surface area contributed by atoms with Gasteiger partial charge in [-0.3, -0.25) is 4.79 Å². The molecular weight excluding hydrogens is 387 g/mol. The van der Waals surface area contributed by atoms with Gasteiger partial charge in [-0.05, 0) is 30.7 Å². The number of carbonyl (C=O) groups is 1. The van der Waals surface area contributed by atoms with Gasteiger partial charge < -0.3 is 5.32 Å². The lowest BCUT2D eigenvalue weighted by Gasteiger charge is -2.12. The summed E-state index contributed by atoms with van der Waals surface area (Å²) in [5, 5.41) is 4.69. The van der Waals surface area contributed by atoms with Crippen molar-refractivity contribution in [2.24, 2.45) is 0 Å². The third kappa shape index (κ3) is 3.82. The van der Waals surface area contributed by atoms with E-state index in [-0.39, 0.29) is 22.4 Å². The van der Waals surface area contributed by atoms with Gasteiger partial charge in [0.05, 0.1) is 5.75 Å². The first-order valence-electron chi connectivity index (χ1n) is 8.79. The molecule has 0 unspecified atom stereocenters. The molecule has 1 aromatic heterocycles. The van der Waals surface area contributed by atoms with Crippen molar-refractivity contribution in [3.63, 3.8) is 0 Å². The van der Waals surface area contributed by atoms with Gasteiger partial charge in [0.15, 0.2) is 10.9 Å². The molecule has 0 aliphatic heterocycles. The fourth-order valence-electron chi connectivity index (χ4n) is 3.36. The molecule has 0 spiro atoms. The molecule has 8 heteroatoms. The topological polar surface area (TPSA) is 54.9 Å². The smallest absolute Gasteiger partial charge is 0.325 e. The molecule has 0 fully saturated rings. The van der Waals surface area contributed by atoms with E-state index in [2.05, 4.69) is 15.3 Å². The Hall–Kier alpha value is -2.61. The Labute approximate surface area is 163 Å². The van der Waals surface area contributed by atoms with E-state index in [1.54, 1.807) is 6.07 Å². The van der Waals surface area contributed by atoms with Gasteiger partial charge in [0, 0.05) is 22.3 Å². The van der Waals surface area contributed by atoms with E-state index < -0.39 is 11.9 Å². The number of benzene rings is 2. The highest BCUT2D eigenvalue weighted by atomic mass is 32.2. The zero-order valence-electron chi connectivity index (χ0n) is 14.7. The number of fused-ring (bicyclic) bond motifs is 2. The minimum absolute atomic E-state index is 0.0129. The zero-order valence-corrected chi connectivity index (χ0v) is 15.5. The fourth-order valence-corrected chi connectivity index (χ4v) is 4.02. The van der Waals surface area contributed by atoms with Gasteiger partial charge in [-0.15, -0.1) is 0 Å². The van der Waals surface area contributed by atoms with Crippen LogP contribution < -0.4 is 5.32 Å². The first-order chi connectivity index (χ1) is 13.4. The minimum atomic E-state index is -4.52. The van der Waals surface area contributed by atoms with Crippen LogP contribution in [-0.2, 0) is 23.8 Å². The van der Waals surface area contributed by atoms with E-state index in [1.807, 2.05) is 36.4 Å². The molecule has 0 saturated carbocycles. The Morgan fingerprint density at radius 3 is 2.68 bits per heavy atom. The van der Waals surface area contributed by atoms with Gasteiger partial charge in [-0.1, -0.05) is 48.2 Å². The first-order valence-corrected chi connectivity index (χ1v) is 9.78. The number of anilines is 1. The van der Waals surface area contributed by atoms with Crippen molar-refractivity contribution >= 4 is 34.1 Å². The summed E-state index contributed by atoms with van der Waals surface area (Å²) in [5.74, 6) is -0.390. The zero-order chi connectivity index (χ0) is 19.7. The number of nitrogens with zero attached hydrogens (tertiary/aromatic N) is 2. The third-order valence-corrected chi connectivity index (χ3v) is 5.42. The standard InChI is InChI=1S/C20H16F3N3OS/c21-20(22,23)18-14-8-4-10-16(14)25-19(26-18)28-11-17(27)24-15-9-3-6-12-5-1-2-7-13(12)15/h1-3,5-7,9H,4,8,10-11H2,(H,24,27). The average Bonchev–Trinajstić information content (AvgIpc) is 3.14. The molecule has 4 nitrogen and oxygen atoms in total. The number of rotatable bonds is 4. The normalized spacial score (nSPS) is 13.5. The molecular formula is C20H16F3N3OS. The average molecular weight is 403 g/mol. The lowest BCUT2D eigenvalue weighted by atomic mass is 10.1. The van der Waals surface area contributed by atoms with Crippen molar-refractivity contribution in [2.45, 2.75) is 30.6 Å². The molecule has 1 N–H and O–H groups in total. The second kappa shape index (κ2) is 7.43. The lowest BCUT2D eigenvalue weighted by molar-refractivity contribution is -0.142. The molecule has 2 aromatic carbocycles. The van der Waals surface area contributed by atoms with Gasteiger partial charge in [0.25, 0.3) is 0 Å². The third-order valence-electron chi connectivity index (χ3n) is 4.58. The number of aromatic nitrogens is 2. The van der Waals surface area contributed by atoms with E-state index in [1.165, 1.54) is 0 Å². The van der Waals surface area contributed by atoms with Gasteiger partial charge in [-0.2, -0.15) is 13.2 Å². The highest BCUT2D eigenvalue weighted by Crippen LogP contribution is 2.36. The molecule has 28 heavy (non-hydrogen) atoms. The van der Waals surface area contributed by atoms with Crippen LogP contribution >= 0.6 is 11.8 Å². The summed E-state index contributed by atoms with van der Waals surface area (Å²) >= 11 is 0.915. The molecule has 0 radical (unpaired) electrons. The minimum Gasteiger partial charge on any atom is -0.325 e. The number of hydrogen-bond donors (Lipinski definition) is 1. The Morgan fingerprint density at radius 1 is 1.07 bits per heavy atom. The van der Waals surface area contributed by atoms with Crippen LogP contribution in [-0.4, -0.2) is 21.6 Å². The SMILES string of the molecule is O=C(CSc1nc2c(c(C(F)(F)F)n1)CCC2)Nc1cccc2ccccc12. The van der Waals surface area contributed by atoms with Crippen LogP contribution in [0.2, 0.25) is 0 Å². The van der Waals surface area contributed by atoms with Crippen LogP contribution in [0.15, 0.2) is 47.6 Å². The maximum absolute atomic E-state index is 13.3. The number of hydrogen-bond acceptors (Lipinski definition) is 4. The van der Waals surface area contributed by atoms with Crippen LogP contribution in [0.4, 0.5) is 18.9 Å². The number of halogens is 3. The van der Waals surface area contributed by atoms with Crippen molar-refractivity contribution in [3.05, 3.63) is 59.4 Å². The number of carbonyl (C=O) groups excluding carboxylic acids is 1. The molecule has 0 saturated heterocycles. The molecule has 0 bridgehead atoms. The Morgan fingerprint density at radius 2 is 1.86 bits per heavy atom. The van der Waals surface area contributed by atoms with E-state index in [0.717, 1.165) is 22.5 Å². The molecule has 1 aliphatic rings. The number of aryl methyl sites for hydroxylation is 1. The molecule has 1 amide bonds. The maximum atomic E-state index is 13.3. The van der Waals surface area contributed by atoms with Crippen LogP contribution in [0.3, 0.4) is 0 Å².